The molecule has 0 aliphatic heterocycles. The van der Waals surface area contributed by atoms with Crippen LogP contribution < -0.4 is 4.74 Å². The molecule has 0 aromatic carbocycles. The fourth-order valence-corrected chi connectivity index (χ4v) is 1.42. The van der Waals surface area contributed by atoms with Crippen molar-refractivity contribution < 1.29 is 19.3 Å². The average Bonchev–Trinajstić information content (AvgIpc) is 2.42. The van der Waals surface area contributed by atoms with Gasteiger partial charge in [0.25, 0.3) is 0 Å². The molecule has 0 unspecified atom stereocenters. The van der Waals surface area contributed by atoms with Gasteiger partial charge in [0.05, 0.1) is 26.4 Å². The quantitative estimate of drug-likeness (QED) is 0.671. The van der Waals surface area contributed by atoms with Crippen LogP contribution in [0, 0.1) is 0 Å². The number of aliphatic hydroxyl groups excluding tert-OH is 1. The zero-order valence-corrected chi connectivity index (χ0v) is 11.0. The first-order valence-electron chi connectivity index (χ1n) is 6.10. The van der Waals surface area contributed by atoms with E-state index in [0.717, 1.165) is 17.7 Å². The highest BCUT2D eigenvalue weighted by atomic mass is 16.5. The van der Waals surface area contributed by atoms with Gasteiger partial charge in [-0.2, -0.15) is 0 Å². The summed E-state index contributed by atoms with van der Waals surface area (Å²) in [6.07, 6.45) is 0.814. The molecule has 0 aliphatic rings. The van der Waals surface area contributed by atoms with Gasteiger partial charge in [-0.05, 0) is 18.1 Å². The second-order valence-electron chi connectivity index (χ2n) is 3.77. The van der Waals surface area contributed by atoms with Crippen LogP contribution >= 0.6 is 0 Å². The molecule has 1 rings (SSSR count). The third-order valence-electron chi connectivity index (χ3n) is 2.37. The van der Waals surface area contributed by atoms with Crippen molar-refractivity contribution in [3.05, 3.63) is 23.4 Å². The van der Waals surface area contributed by atoms with Crippen molar-refractivity contribution in [2.75, 3.05) is 33.5 Å². The van der Waals surface area contributed by atoms with Crippen LogP contribution in [0.3, 0.4) is 0 Å². The number of aliphatic hydroxyl groups is 1. The Balaban J connectivity index is 2.36. The van der Waals surface area contributed by atoms with Crippen LogP contribution in [0.1, 0.15) is 18.2 Å². The van der Waals surface area contributed by atoms with Crippen LogP contribution in [0.5, 0.6) is 5.88 Å². The van der Waals surface area contributed by atoms with Crippen LogP contribution in [0.4, 0.5) is 0 Å². The molecular formula is C13H21NO4. The largest absolute Gasteiger partial charge is 0.475 e. The van der Waals surface area contributed by atoms with E-state index in [1.54, 1.807) is 13.2 Å². The molecule has 0 bridgehead atoms. The lowest BCUT2D eigenvalue weighted by Crippen LogP contribution is -2.11. The van der Waals surface area contributed by atoms with E-state index < -0.39 is 0 Å². The smallest absolute Gasteiger partial charge is 0.213 e. The molecule has 0 fully saturated rings. The molecule has 0 spiro atoms. The van der Waals surface area contributed by atoms with Crippen molar-refractivity contribution in [3.8, 4) is 5.88 Å². The van der Waals surface area contributed by atoms with E-state index in [2.05, 4.69) is 4.98 Å². The van der Waals surface area contributed by atoms with E-state index in [1.165, 1.54) is 0 Å². The summed E-state index contributed by atoms with van der Waals surface area (Å²) in [7, 11) is 1.64. The maximum atomic E-state index is 9.13. The van der Waals surface area contributed by atoms with Gasteiger partial charge in [0.15, 0.2) is 0 Å². The topological polar surface area (TPSA) is 60.8 Å². The lowest BCUT2D eigenvalue weighted by atomic mass is 10.2. The van der Waals surface area contributed by atoms with Crippen molar-refractivity contribution in [2.24, 2.45) is 0 Å². The van der Waals surface area contributed by atoms with Crippen molar-refractivity contribution in [3.63, 3.8) is 0 Å². The molecule has 0 amide bonds. The molecule has 102 valence electrons. The van der Waals surface area contributed by atoms with E-state index in [1.807, 2.05) is 13.0 Å². The number of rotatable bonds is 9. The minimum absolute atomic E-state index is 0.00375. The van der Waals surface area contributed by atoms with Crippen molar-refractivity contribution in [1.82, 2.24) is 4.98 Å². The summed E-state index contributed by atoms with van der Waals surface area (Å²) >= 11 is 0. The average molecular weight is 255 g/mol. The Morgan fingerprint density at radius 2 is 1.94 bits per heavy atom. The van der Waals surface area contributed by atoms with Gasteiger partial charge in [-0.3, -0.25) is 0 Å². The van der Waals surface area contributed by atoms with Gasteiger partial charge in [0.1, 0.15) is 6.61 Å². The second kappa shape index (κ2) is 8.85. The molecule has 0 saturated heterocycles. The van der Waals surface area contributed by atoms with Gasteiger partial charge in [-0.1, -0.05) is 6.92 Å². The summed E-state index contributed by atoms with van der Waals surface area (Å²) in [5, 5.41) is 9.13. The molecule has 1 aromatic heterocycles. The number of hydrogen-bond donors (Lipinski definition) is 1. The van der Waals surface area contributed by atoms with Crippen LogP contribution in [-0.2, 0) is 22.5 Å². The lowest BCUT2D eigenvalue weighted by molar-refractivity contribution is 0.0536. The Hall–Kier alpha value is -1.17. The minimum atomic E-state index is -0.00375. The fraction of sp³-hybridized carbons (Fsp3) is 0.615. The van der Waals surface area contributed by atoms with E-state index in [9.17, 15) is 0 Å². The maximum Gasteiger partial charge on any atom is 0.213 e. The first kappa shape index (κ1) is 14.9. The number of nitrogens with zero attached hydrogens (tertiary/aromatic N) is 1. The number of hydrogen-bond acceptors (Lipinski definition) is 5. The Morgan fingerprint density at radius 1 is 1.17 bits per heavy atom. The van der Waals surface area contributed by atoms with Gasteiger partial charge in [0, 0.05) is 18.9 Å². The van der Waals surface area contributed by atoms with Gasteiger partial charge >= 0.3 is 0 Å². The highest BCUT2D eigenvalue weighted by molar-refractivity contribution is 5.24. The summed E-state index contributed by atoms with van der Waals surface area (Å²) < 4.78 is 15.6. The Labute approximate surface area is 108 Å². The normalized spacial score (nSPS) is 10.6. The number of aromatic nitrogens is 1. The Bertz CT molecular complexity index is 322. The van der Waals surface area contributed by atoms with E-state index >= 15 is 0 Å². The summed E-state index contributed by atoms with van der Waals surface area (Å²) in [5.74, 6) is 0.536. The third kappa shape index (κ3) is 5.44. The standard InChI is InChI=1S/C13H21NO4/c1-3-12-8-11(10-15)9-13(14-12)18-7-6-17-5-4-16-2/h8-9,15H,3-7,10H2,1-2H3. The SMILES string of the molecule is CCc1cc(CO)cc(OCCOCCOC)n1. The van der Waals surface area contributed by atoms with Crippen LogP contribution in [0.15, 0.2) is 12.1 Å². The molecule has 0 saturated carbocycles. The molecule has 5 heteroatoms. The number of pyridine rings is 1. The molecule has 18 heavy (non-hydrogen) atoms. The predicted molar refractivity (Wildman–Crippen MR) is 67.7 cm³/mol. The zero-order valence-electron chi connectivity index (χ0n) is 11.0. The number of ether oxygens (including phenoxy) is 3. The highest BCUT2D eigenvalue weighted by Crippen LogP contribution is 2.13. The summed E-state index contributed by atoms with van der Waals surface area (Å²) in [6.45, 7) is 4.09. The van der Waals surface area contributed by atoms with Gasteiger partial charge in [-0.15, -0.1) is 0 Å². The summed E-state index contributed by atoms with van der Waals surface area (Å²) in [4.78, 5) is 4.32. The Kier molecular flexibility index (Phi) is 7.32. The van der Waals surface area contributed by atoms with Gasteiger partial charge in [-0.25, -0.2) is 4.98 Å². The summed E-state index contributed by atoms with van der Waals surface area (Å²) in [5.41, 5.74) is 1.73. The number of aryl methyl sites for hydroxylation is 1. The molecule has 0 atom stereocenters. The first-order valence-corrected chi connectivity index (χ1v) is 6.10. The van der Waals surface area contributed by atoms with Crippen LogP contribution in [0.2, 0.25) is 0 Å². The van der Waals surface area contributed by atoms with Crippen LogP contribution in [0.25, 0.3) is 0 Å². The molecule has 1 N–H and O–H groups in total. The molecular weight excluding hydrogens is 234 g/mol. The molecule has 0 aliphatic carbocycles. The molecule has 1 heterocycles. The molecule has 1 aromatic rings. The maximum absolute atomic E-state index is 9.13. The highest BCUT2D eigenvalue weighted by Gasteiger charge is 2.02. The minimum Gasteiger partial charge on any atom is -0.475 e. The number of methoxy groups -OCH3 is 1. The fourth-order valence-electron chi connectivity index (χ4n) is 1.42. The van der Waals surface area contributed by atoms with E-state index in [0.29, 0.717) is 32.3 Å². The Morgan fingerprint density at radius 3 is 2.61 bits per heavy atom. The third-order valence-corrected chi connectivity index (χ3v) is 2.37. The van der Waals surface area contributed by atoms with Gasteiger partial charge in [0.2, 0.25) is 5.88 Å². The molecule has 0 radical (unpaired) electrons. The molecule has 5 nitrogen and oxygen atoms in total. The van der Waals surface area contributed by atoms with Gasteiger partial charge < -0.3 is 19.3 Å². The van der Waals surface area contributed by atoms with Crippen molar-refractivity contribution in [2.45, 2.75) is 20.0 Å². The predicted octanol–water partition coefficient (Wildman–Crippen LogP) is 1.18. The van der Waals surface area contributed by atoms with Crippen LogP contribution in [-0.4, -0.2) is 43.6 Å². The van der Waals surface area contributed by atoms with Crippen molar-refractivity contribution >= 4 is 0 Å². The second-order valence-corrected chi connectivity index (χ2v) is 3.77. The van der Waals surface area contributed by atoms with Crippen molar-refractivity contribution in [1.29, 1.82) is 0 Å². The van der Waals surface area contributed by atoms with E-state index in [-0.39, 0.29) is 6.61 Å². The zero-order chi connectivity index (χ0) is 13.2. The lowest BCUT2D eigenvalue weighted by Gasteiger charge is -2.09. The monoisotopic (exact) mass is 255 g/mol. The first-order chi connectivity index (χ1) is 8.80. The summed E-state index contributed by atoms with van der Waals surface area (Å²) in [6, 6.07) is 3.62. The van der Waals surface area contributed by atoms with E-state index in [4.69, 9.17) is 19.3 Å².